The van der Waals surface area contributed by atoms with Gasteiger partial charge in [0.2, 0.25) is 0 Å². The Balaban J connectivity index is 2.80. The maximum Gasteiger partial charge on any atom is 0.0285 e. The molecule has 11 heavy (non-hydrogen) atoms. The Bertz CT molecular complexity index is 203. The normalized spacial score (nSPS) is 17.5. The zero-order valence-corrected chi connectivity index (χ0v) is 10.8. The van der Waals surface area contributed by atoms with Crippen molar-refractivity contribution in [1.29, 1.82) is 0 Å². The molecular formula is C8H9Br3. The van der Waals surface area contributed by atoms with Gasteiger partial charge in [-0.3, -0.25) is 0 Å². The van der Waals surface area contributed by atoms with Gasteiger partial charge in [-0.25, -0.2) is 0 Å². The molecule has 0 fully saturated rings. The van der Waals surface area contributed by atoms with Crippen LogP contribution in [0.2, 0.25) is 0 Å². The molecule has 0 aliphatic heterocycles. The SMILES string of the molecule is BrCC1=CCC(CBr)=C1CBr. The first kappa shape index (κ1) is 10.0. The third-order valence-electron chi connectivity index (χ3n) is 1.85. The summed E-state index contributed by atoms with van der Waals surface area (Å²) < 4.78 is 0. The molecule has 1 rings (SSSR count). The van der Waals surface area contributed by atoms with Gasteiger partial charge in [-0.2, -0.15) is 0 Å². The summed E-state index contributed by atoms with van der Waals surface area (Å²) in [7, 11) is 0. The van der Waals surface area contributed by atoms with Gasteiger partial charge in [-0.1, -0.05) is 59.4 Å². The topological polar surface area (TPSA) is 0 Å². The Hall–Kier alpha value is 0.920. The number of halogens is 3. The smallest absolute Gasteiger partial charge is 0.0285 e. The molecule has 62 valence electrons. The van der Waals surface area contributed by atoms with Gasteiger partial charge in [0.05, 0.1) is 0 Å². The van der Waals surface area contributed by atoms with E-state index in [1.807, 2.05) is 0 Å². The first-order valence-corrected chi connectivity index (χ1v) is 6.78. The predicted octanol–water partition coefficient (Wildman–Crippen LogP) is 3.80. The van der Waals surface area contributed by atoms with Gasteiger partial charge in [0.25, 0.3) is 0 Å². The van der Waals surface area contributed by atoms with E-state index in [1.165, 1.54) is 16.7 Å². The third-order valence-corrected chi connectivity index (χ3v) is 3.69. The van der Waals surface area contributed by atoms with E-state index in [9.17, 15) is 0 Å². The van der Waals surface area contributed by atoms with Crippen LogP contribution in [0.1, 0.15) is 6.42 Å². The van der Waals surface area contributed by atoms with Crippen LogP contribution >= 0.6 is 47.8 Å². The van der Waals surface area contributed by atoms with Crippen LogP contribution in [0.15, 0.2) is 22.8 Å². The summed E-state index contributed by atoms with van der Waals surface area (Å²) in [4.78, 5) is 0. The largest absolute Gasteiger partial charge is 0.0880 e. The number of alkyl halides is 3. The molecule has 3 heteroatoms. The second kappa shape index (κ2) is 4.83. The van der Waals surface area contributed by atoms with E-state index < -0.39 is 0 Å². The molecule has 0 unspecified atom stereocenters. The fraction of sp³-hybridized carbons (Fsp3) is 0.500. The molecule has 0 radical (unpaired) electrons. The van der Waals surface area contributed by atoms with Gasteiger partial charge in [-0.05, 0) is 17.6 Å². The van der Waals surface area contributed by atoms with Crippen LogP contribution in [0.3, 0.4) is 0 Å². The first-order chi connectivity index (χ1) is 5.33. The Morgan fingerprint density at radius 1 is 1.09 bits per heavy atom. The van der Waals surface area contributed by atoms with Crippen molar-refractivity contribution < 1.29 is 0 Å². The van der Waals surface area contributed by atoms with Crippen LogP contribution in [-0.4, -0.2) is 16.0 Å². The van der Waals surface area contributed by atoms with E-state index in [0.717, 1.165) is 22.4 Å². The maximum absolute atomic E-state index is 3.50. The summed E-state index contributed by atoms with van der Waals surface area (Å²) in [5.41, 5.74) is 4.42. The van der Waals surface area contributed by atoms with E-state index >= 15 is 0 Å². The van der Waals surface area contributed by atoms with Crippen LogP contribution in [0.4, 0.5) is 0 Å². The van der Waals surface area contributed by atoms with Gasteiger partial charge in [0, 0.05) is 16.0 Å². The van der Waals surface area contributed by atoms with Gasteiger partial charge in [0.15, 0.2) is 0 Å². The lowest BCUT2D eigenvalue weighted by atomic mass is 10.1. The lowest BCUT2D eigenvalue weighted by Crippen LogP contribution is -1.92. The van der Waals surface area contributed by atoms with Crippen LogP contribution < -0.4 is 0 Å². The molecule has 0 atom stereocenters. The molecule has 0 saturated heterocycles. The number of hydrogen-bond acceptors (Lipinski definition) is 0. The summed E-state index contributed by atoms with van der Waals surface area (Å²) in [5.74, 6) is 0. The van der Waals surface area contributed by atoms with Crippen LogP contribution in [0, 0.1) is 0 Å². The average molecular weight is 345 g/mol. The summed E-state index contributed by atoms with van der Waals surface area (Å²) in [6.45, 7) is 0. The van der Waals surface area contributed by atoms with Crippen molar-refractivity contribution in [2.75, 3.05) is 16.0 Å². The maximum atomic E-state index is 3.50. The zero-order valence-electron chi connectivity index (χ0n) is 6.04. The second-order valence-corrected chi connectivity index (χ2v) is 4.10. The molecule has 0 spiro atoms. The Kier molecular flexibility index (Phi) is 4.39. The molecular weight excluding hydrogens is 336 g/mol. The minimum absolute atomic E-state index is 0.977. The van der Waals surface area contributed by atoms with Gasteiger partial charge in [-0.15, -0.1) is 0 Å². The molecule has 1 aliphatic carbocycles. The monoisotopic (exact) mass is 342 g/mol. The fourth-order valence-corrected chi connectivity index (χ4v) is 3.06. The molecule has 0 nitrogen and oxygen atoms in total. The summed E-state index contributed by atoms with van der Waals surface area (Å²) in [6, 6.07) is 0. The summed E-state index contributed by atoms with van der Waals surface area (Å²) in [5, 5.41) is 2.96. The zero-order chi connectivity index (χ0) is 8.27. The highest BCUT2D eigenvalue weighted by Crippen LogP contribution is 2.29. The van der Waals surface area contributed by atoms with Gasteiger partial charge in [0.1, 0.15) is 0 Å². The lowest BCUT2D eigenvalue weighted by molar-refractivity contribution is 1.24. The van der Waals surface area contributed by atoms with Crippen LogP contribution in [-0.2, 0) is 0 Å². The average Bonchev–Trinajstić information content (AvgIpc) is 2.45. The second-order valence-electron chi connectivity index (χ2n) is 2.42. The number of rotatable bonds is 3. The number of hydrogen-bond donors (Lipinski definition) is 0. The van der Waals surface area contributed by atoms with Crippen LogP contribution in [0.25, 0.3) is 0 Å². The van der Waals surface area contributed by atoms with E-state index in [-0.39, 0.29) is 0 Å². The predicted molar refractivity (Wildman–Crippen MR) is 61.1 cm³/mol. The fourth-order valence-electron chi connectivity index (χ4n) is 1.17. The minimum atomic E-state index is 0.977. The van der Waals surface area contributed by atoms with E-state index in [0.29, 0.717) is 0 Å². The third kappa shape index (κ3) is 2.19. The highest BCUT2D eigenvalue weighted by molar-refractivity contribution is 9.09. The molecule has 0 heterocycles. The number of allylic oxidation sites excluding steroid dienone is 4. The van der Waals surface area contributed by atoms with Crippen molar-refractivity contribution in [3.63, 3.8) is 0 Å². The van der Waals surface area contributed by atoms with Crippen LogP contribution in [0.5, 0.6) is 0 Å². The standard InChI is InChI=1S/C8H9Br3/c9-3-6-1-2-7(4-10)8(6)5-11/h1H,2-5H2. The van der Waals surface area contributed by atoms with Crippen molar-refractivity contribution in [2.45, 2.75) is 6.42 Å². The van der Waals surface area contributed by atoms with Gasteiger partial charge < -0.3 is 0 Å². The highest BCUT2D eigenvalue weighted by atomic mass is 79.9. The quantitative estimate of drug-likeness (QED) is 0.683. The molecule has 0 amide bonds. The van der Waals surface area contributed by atoms with E-state index in [1.54, 1.807) is 0 Å². The molecule has 1 aliphatic rings. The van der Waals surface area contributed by atoms with Crippen molar-refractivity contribution in [1.82, 2.24) is 0 Å². The van der Waals surface area contributed by atoms with Gasteiger partial charge >= 0.3 is 0 Å². The first-order valence-electron chi connectivity index (χ1n) is 3.41. The molecule has 0 aromatic carbocycles. The molecule has 0 bridgehead atoms. The Morgan fingerprint density at radius 3 is 2.27 bits per heavy atom. The summed E-state index contributed by atoms with van der Waals surface area (Å²) in [6.07, 6.45) is 3.41. The van der Waals surface area contributed by atoms with Crippen molar-refractivity contribution >= 4 is 47.8 Å². The molecule has 0 saturated carbocycles. The highest BCUT2D eigenvalue weighted by Gasteiger charge is 2.13. The molecule has 0 aromatic heterocycles. The lowest BCUT2D eigenvalue weighted by Gasteiger charge is -2.03. The van der Waals surface area contributed by atoms with Crippen molar-refractivity contribution in [3.8, 4) is 0 Å². The van der Waals surface area contributed by atoms with E-state index in [2.05, 4.69) is 53.9 Å². The molecule has 0 aromatic rings. The molecule has 0 N–H and O–H groups in total. The van der Waals surface area contributed by atoms with Crippen molar-refractivity contribution in [3.05, 3.63) is 22.8 Å². The Labute approximate surface area is 92.5 Å². The Morgan fingerprint density at radius 2 is 1.82 bits per heavy atom. The summed E-state index contributed by atoms with van der Waals surface area (Å²) >= 11 is 10.5. The minimum Gasteiger partial charge on any atom is -0.0880 e. The van der Waals surface area contributed by atoms with Crippen molar-refractivity contribution in [2.24, 2.45) is 0 Å². The van der Waals surface area contributed by atoms with E-state index in [4.69, 9.17) is 0 Å².